The van der Waals surface area contributed by atoms with E-state index in [4.69, 9.17) is 26.4 Å². The number of aromatic nitrogens is 2. The van der Waals surface area contributed by atoms with Gasteiger partial charge in [0.25, 0.3) is 17.4 Å². The molecule has 1 atom stereocenters. The molecule has 2 aromatic heterocycles. The number of rotatable bonds is 9. The number of hydrogen-bond acceptors (Lipinski definition) is 8. The Labute approximate surface area is 232 Å². The Morgan fingerprint density at radius 2 is 1.95 bits per heavy atom. The van der Waals surface area contributed by atoms with E-state index >= 15 is 0 Å². The summed E-state index contributed by atoms with van der Waals surface area (Å²) in [5.74, 6) is 0.640. The molecule has 1 fully saturated rings. The molecule has 1 aliphatic rings. The van der Waals surface area contributed by atoms with E-state index in [2.05, 4.69) is 15.6 Å². The number of hydrogen-bond donors (Lipinski definition) is 3. The molecule has 1 saturated heterocycles. The summed E-state index contributed by atoms with van der Waals surface area (Å²) >= 11 is 6.67. The summed E-state index contributed by atoms with van der Waals surface area (Å²) in [6.45, 7) is 1.48. The van der Waals surface area contributed by atoms with Gasteiger partial charge in [-0.2, -0.15) is 0 Å². The number of thiazole rings is 1. The number of carbonyl (C=O) groups is 2. The second-order valence-electron chi connectivity index (χ2n) is 9.11. The third kappa shape index (κ3) is 5.54. The van der Waals surface area contributed by atoms with Crippen molar-refractivity contribution in [3.8, 4) is 11.5 Å². The lowest BCUT2D eigenvalue weighted by molar-refractivity contribution is 0.0861. The molecule has 204 valence electrons. The fourth-order valence-corrected chi connectivity index (χ4v) is 5.93. The molecule has 2 amide bonds. The third-order valence-corrected chi connectivity index (χ3v) is 8.03. The van der Waals surface area contributed by atoms with Gasteiger partial charge in [-0.25, -0.2) is 0 Å². The molecule has 10 nitrogen and oxygen atoms in total. The van der Waals surface area contributed by atoms with Gasteiger partial charge in [-0.05, 0) is 67.4 Å². The van der Waals surface area contributed by atoms with E-state index in [9.17, 15) is 14.4 Å². The number of aromatic amines is 1. The Hall–Kier alpha value is -3.74. The van der Waals surface area contributed by atoms with Crippen LogP contribution in [0.15, 0.2) is 41.2 Å². The lowest BCUT2D eigenvalue weighted by atomic mass is 10.1. The van der Waals surface area contributed by atoms with Crippen LogP contribution in [0.2, 0.25) is 0 Å². The first kappa shape index (κ1) is 26.9. The second kappa shape index (κ2) is 11.6. The molecule has 3 N–H and O–H groups in total. The van der Waals surface area contributed by atoms with Crippen molar-refractivity contribution < 1.29 is 23.8 Å². The zero-order chi connectivity index (χ0) is 27.5. The van der Waals surface area contributed by atoms with Crippen LogP contribution < -0.4 is 25.7 Å². The molecule has 0 bridgehead atoms. The van der Waals surface area contributed by atoms with E-state index in [0.29, 0.717) is 68.6 Å². The molecule has 0 radical (unpaired) electrons. The van der Waals surface area contributed by atoms with Crippen LogP contribution in [-0.4, -0.2) is 61.2 Å². The molecule has 5 rings (SSSR count). The number of benzene rings is 2. The Bertz CT molecular complexity index is 1670. The lowest BCUT2D eigenvalue weighted by Gasteiger charge is -2.11. The van der Waals surface area contributed by atoms with Crippen molar-refractivity contribution in [2.24, 2.45) is 0 Å². The SMILES string of the molecule is COc1ccc(CCNC(=O)c2ccc3c(=O)[nH]c4c(C(=O)NCC5CCCO5)sc(=S)n4c3c2)cc1OC. The van der Waals surface area contributed by atoms with Crippen molar-refractivity contribution in [3.63, 3.8) is 0 Å². The minimum absolute atomic E-state index is 0.0106. The Morgan fingerprint density at radius 3 is 2.69 bits per heavy atom. The zero-order valence-corrected chi connectivity index (χ0v) is 23.1. The Morgan fingerprint density at radius 1 is 1.13 bits per heavy atom. The predicted octanol–water partition coefficient (Wildman–Crippen LogP) is 3.47. The van der Waals surface area contributed by atoms with E-state index in [0.717, 1.165) is 29.7 Å². The number of ether oxygens (including phenoxy) is 3. The summed E-state index contributed by atoms with van der Waals surface area (Å²) in [4.78, 5) is 41.9. The average Bonchev–Trinajstić information content (AvgIpc) is 3.59. The molecule has 12 heteroatoms. The third-order valence-electron chi connectivity index (χ3n) is 6.66. The normalized spacial score (nSPS) is 15.0. The van der Waals surface area contributed by atoms with Crippen LogP contribution >= 0.6 is 23.6 Å². The van der Waals surface area contributed by atoms with Crippen molar-refractivity contribution in [1.29, 1.82) is 0 Å². The molecule has 2 aromatic carbocycles. The number of fused-ring (bicyclic) bond motifs is 3. The van der Waals surface area contributed by atoms with Gasteiger partial charge in [0.1, 0.15) is 10.5 Å². The first-order valence-electron chi connectivity index (χ1n) is 12.5. The molecule has 39 heavy (non-hydrogen) atoms. The topological polar surface area (TPSA) is 123 Å². The molecule has 0 spiro atoms. The van der Waals surface area contributed by atoms with Gasteiger partial charge in [-0.3, -0.25) is 18.8 Å². The highest BCUT2D eigenvalue weighted by molar-refractivity contribution is 7.73. The highest BCUT2D eigenvalue weighted by Gasteiger charge is 2.21. The summed E-state index contributed by atoms with van der Waals surface area (Å²) in [7, 11) is 3.15. The Kier molecular flexibility index (Phi) is 7.96. The second-order valence-corrected chi connectivity index (χ2v) is 10.8. The van der Waals surface area contributed by atoms with E-state index in [1.807, 2.05) is 18.2 Å². The minimum atomic E-state index is -0.369. The molecule has 1 unspecified atom stereocenters. The fourth-order valence-electron chi connectivity index (χ4n) is 4.63. The van der Waals surface area contributed by atoms with E-state index in [1.165, 1.54) is 0 Å². The average molecular weight is 569 g/mol. The number of carbonyl (C=O) groups excluding carboxylic acids is 2. The van der Waals surface area contributed by atoms with Crippen LogP contribution in [0.5, 0.6) is 11.5 Å². The van der Waals surface area contributed by atoms with Crippen molar-refractivity contribution in [1.82, 2.24) is 20.0 Å². The highest BCUT2D eigenvalue weighted by atomic mass is 32.1. The number of amides is 2. The van der Waals surface area contributed by atoms with Gasteiger partial charge in [0, 0.05) is 25.3 Å². The largest absolute Gasteiger partial charge is 0.493 e. The number of methoxy groups -OCH3 is 2. The van der Waals surface area contributed by atoms with E-state index in [1.54, 1.807) is 36.8 Å². The predicted molar refractivity (Wildman–Crippen MR) is 151 cm³/mol. The summed E-state index contributed by atoms with van der Waals surface area (Å²) in [6.07, 6.45) is 2.44. The monoisotopic (exact) mass is 568 g/mol. The van der Waals surface area contributed by atoms with Crippen molar-refractivity contribution in [2.75, 3.05) is 33.9 Å². The van der Waals surface area contributed by atoms with Crippen molar-refractivity contribution in [3.05, 3.63) is 66.7 Å². The van der Waals surface area contributed by atoms with E-state index < -0.39 is 0 Å². The Balaban J connectivity index is 1.36. The van der Waals surface area contributed by atoms with Gasteiger partial charge < -0.3 is 29.8 Å². The summed E-state index contributed by atoms with van der Waals surface area (Å²) in [6, 6.07) is 10.4. The summed E-state index contributed by atoms with van der Waals surface area (Å²) in [5, 5.41) is 6.16. The van der Waals surface area contributed by atoms with Crippen LogP contribution in [0.4, 0.5) is 0 Å². The van der Waals surface area contributed by atoms with Crippen LogP contribution in [0.1, 0.15) is 38.4 Å². The highest BCUT2D eigenvalue weighted by Crippen LogP contribution is 2.28. The maximum atomic E-state index is 13.0. The zero-order valence-electron chi connectivity index (χ0n) is 21.5. The molecule has 1 aliphatic heterocycles. The van der Waals surface area contributed by atoms with Gasteiger partial charge in [-0.15, -0.1) is 0 Å². The molecule has 3 heterocycles. The standard InChI is InChI=1S/C27H28N4O6S2/c1-35-20-8-5-15(12-21(20)36-2)9-10-28-24(32)16-6-7-18-19(13-16)31-23(30-25(18)33)22(39-27(31)38)26(34)29-14-17-4-3-11-37-17/h5-8,12-13,17H,3-4,9-11,14H2,1-2H3,(H,28,32)(H,29,34)(H,30,33). The maximum absolute atomic E-state index is 13.0. The number of H-pyrrole nitrogens is 1. The molecular formula is C27H28N4O6S2. The first-order valence-corrected chi connectivity index (χ1v) is 13.7. The fraction of sp³-hybridized carbons (Fsp3) is 0.333. The smallest absolute Gasteiger partial charge is 0.265 e. The van der Waals surface area contributed by atoms with Gasteiger partial charge in [0.15, 0.2) is 15.5 Å². The van der Waals surface area contributed by atoms with E-state index in [-0.39, 0.29) is 23.5 Å². The summed E-state index contributed by atoms with van der Waals surface area (Å²) < 4.78 is 18.2. The van der Waals surface area contributed by atoms with Gasteiger partial charge in [0.2, 0.25) is 0 Å². The first-order chi connectivity index (χ1) is 18.9. The summed E-state index contributed by atoms with van der Waals surface area (Å²) in [5.41, 5.74) is 1.75. The quantitative estimate of drug-likeness (QED) is 0.264. The van der Waals surface area contributed by atoms with Crippen LogP contribution in [0, 0.1) is 3.95 Å². The van der Waals surface area contributed by atoms with Gasteiger partial charge >= 0.3 is 0 Å². The van der Waals surface area contributed by atoms with Crippen LogP contribution in [0.3, 0.4) is 0 Å². The van der Waals surface area contributed by atoms with Gasteiger partial charge in [-0.1, -0.05) is 17.4 Å². The number of nitrogens with one attached hydrogen (secondary N) is 3. The minimum Gasteiger partial charge on any atom is -0.493 e. The molecule has 4 aromatic rings. The molecule has 0 saturated carbocycles. The van der Waals surface area contributed by atoms with Gasteiger partial charge in [0.05, 0.1) is 31.2 Å². The molecular weight excluding hydrogens is 540 g/mol. The van der Waals surface area contributed by atoms with Crippen LogP contribution in [-0.2, 0) is 11.2 Å². The van der Waals surface area contributed by atoms with Crippen LogP contribution in [0.25, 0.3) is 16.6 Å². The van der Waals surface area contributed by atoms with Crippen molar-refractivity contribution in [2.45, 2.75) is 25.4 Å². The maximum Gasteiger partial charge on any atom is 0.265 e. The lowest BCUT2D eigenvalue weighted by Crippen LogP contribution is -2.31. The van der Waals surface area contributed by atoms with Crippen molar-refractivity contribution >= 4 is 51.9 Å². The molecule has 0 aliphatic carbocycles. The number of nitrogens with zero attached hydrogens (tertiary/aromatic N) is 1.